The summed E-state index contributed by atoms with van der Waals surface area (Å²) in [5, 5.41) is 0. The van der Waals surface area contributed by atoms with Crippen LogP contribution in [0.4, 0.5) is 17.8 Å². The standard InChI is InChI=1S/2C5H10O.C3H6N6.4C2H4O/c2*1-2-3-4-5-6;4-1-7-2(5)9-3(6)8-1;4*1-2-3/h2*5H,2-4H2,1H3;(H6,4,5,6,7,8,9);4*2H,1H3. The van der Waals surface area contributed by atoms with Gasteiger partial charge in [-0.2, -0.15) is 15.0 Å². The summed E-state index contributed by atoms with van der Waals surface area (Å²) < 4.78 is 0. The molecule has 1 aromatic heterocycles. The molecule has 0 unspecified atom stereocenters. The number of hydrogen-bond acceptors (Lipinski definition) is 12. The van der Waals surface area contributed by atoms with Crippen molar-refractivity contribution in [2.45, 2.75) is 80.1 Å². The molecule has 0 amide bonds. The molecule has 12 nitrogen and oxygen atoms in total. The maximum absolute atomic E-state index is 9.56. The second-order valence-electron chi connectivity index (χ2n) is 4.97. The second kappa shape index (κ2) is 51.2. The monoisotopic (exact) mass is 474 g/mol. The summed E-state index contributed by atoms with van der Waals surface area (Å²) in [6.45, 7) is 9.92. The number of nitrogens with two attached hydrogens (primary N) is 3. The molecule has 33 heavy (non-hydrogen) atoms. The zero-order chi connectivity index (χ0) is 27.3. The molecule has 12 heteroatoms. The van der Waals surface area contributed by atoms with Gasteiger partial charge in [0.25, 0.3) is 0 Å². The summed E-state index contributed by atoms with van der Waals surface area (Å²) in [5.41, 5.74) is 15.4. The smallest absolute Gasteiger partial charge is 0.226 e. The van der Waals surface area contributed by atoms with E-state index in [0.717, 1.165) is 76.2 Å². The third-order valence-corrected chi connectivity index (χ3v) is 2.04. The minimum absolute atomic E-state index is 0.0417. The van der Waals surface area contributed by atoms with Crippen LogP contribution >= 0.6 is 0 Å². The van der Waals surface area contributed by atoms with Crippen molar-refractivity contribution in [2.75, 3.05) is 17.2 Å². The minimum atomic E-state index is 0.0417. The van der Waals surface area contributed by atoms with Crippen LogP contribution in [0.15, 0.2) is 0 Å². The fourth-order valence-corrected chi connectivity index (χ4v) is 1.00. The summed E-state index contributed by atoms with van der Waals surface area (Å²) in [6, 6.07) is 0. The largest absolute Gasteiger partial charge is 0.368 e. The molecule has 0 aromatic carbocycles. The van der Waals surface area contributed by atoms with Crippen molar-refractivity contribution in [3.8, 4) is 0 Å². The molecule has 0 radical (unpaired) electrons. The summed E-state index contributed by atoms with van der Waals surface area (Å²) in [5.74, 6) is 0.125. The Morgan fingerprint density at radius 1 is 0.545 bits per heavy atom. The Morgan fingerprint density at radius 3 is 0.818 bits per heavy atom. The predicted molar refractivity (Wildman–Crippen MR) is 131 cm³/mol. The molecule has 0 fully saturated rings. The van der Waals surface area contributed by atoms with Gasteiger partial charge in [0, 0.05) is 12.8 Å². The fourth-order valence-electron chi connectivity index (χ4n) is 1.00. The van der Waals surface area contributed by atoms with Gasteiger partial charge in [0.2, 0.25) is 17.8 Å². The lowest BCUT2D eigenvalue weighted by Crippen LogP contribution is -2.05. The van der Waals surface area contributed by atoms with Gasteiger partial charge in [0.15, 0.2) is 0 Å². The number of unbranched alkanes of at least 4 members (excludes halogenated alkanes) is 4. The van der Waals surface area contributed by atoms with Gasteiger partial charge >= 0.3 is 0 Å². The number of nitrogen functional groups attached to an aromatic ring is 3. The van der Waals surface area contributed by atoms with Gasteiger partial charge in [-0.1, -0.05) is 26.7 Å². The highest BCUT2D eigenvalue weighted by atomic mass is 16.1. The van der Waals surface area contributed by atoms with Gasteiger partial charge in [-0.15, -0.1) is 0 Å². The average Bonchev–Trinajstić information content (AvgIpc) is 2.73. The van der Waals surface area contributed by atoms with E-state index in [1.165, 1.54) is 27.7 Å². The highest BCUT2D eigenvalue weighted by Gasteiger charge is 1.93. The Bertz CT molecular complexity index is 474. The molecule has 0 bridgehead atoms. The van der Waals surface area contributed by atoms with E-state index in [9.17, 15) is 9.59 Å². The molecule has 0 aliphatic heterocycles. The molecule has 0 aliphatic carbocycles. The van der Waals surface area contributed by atoms with E-state index in [0.29, 0.717) is 0 Å². The van der Waals surface area contributed by atoms with E-state index >= 15 is 0 Å². The highest BCUT2D eigenvalue weighted by Crippen LogP contribution is 1.97. The first kappa shape index (κ1) is 43.3. The van der Waals surface area contributed by atoms with Gasteiger partial charge in [0.1, 0.15) is 37.7 Å². The first-order valence-electron chi connectivity index (χ1n) is 10.2. The number of carbonyl (C=O) groups excluding carboxylic acids is 6. The van der Waals surface area contributed by atoms with E-state index < -0.39 is 0 Å². The third-order valence-electron chi connectivity index (χ3n) is 2.04. The van der Waals surface area contributed by atoms with Crippen LogP contribution in [0, 0.1) is 0 Å². The highest BCUT2D eigenvalue weighted by molar-refractivity contribution is 5.49. The van der Waals surface area contributed by atoms with Crippen molar-refractivity contribution in [2.24, 2.45) is 0 Å². The zero-order valence-electron chi connectivity index (χ0n) is 20.7. The quantitative estimate of drug-likeness (QED) is 0.399. The lowest BCUT2D eigenvalue weighted by molar-refractivity contribution is -0.108. The first-order valence-corrected chi connectivity index (χ1v) is 10.2. The molecule has 0 atom stereocenters. The molecule has 1 heterocycles. The van der Waals surface area contributed by atoms with Crippen LogP contribution in [0.5, 0.6) is 0 Å². The number of aromatic nitrogens is 3. The molecule has 0 saturated carbocycles. The van der Waals surface area contributed by atoms with Crippen LogP contribution in [0.25, 0.3) is 0 Å². The Morgan fingerprint density at radius 2 is 0.727 bits per heavy atom. The Hall–Kier alpha value is -3.57. The van der Waals surface area contributed by atoms with Crippen molar-refractivity contribution in [3.05, 3.63) is 0 Å². The van der Waals surface area contributed by atoms with Gasteiger partial charge in [0.05, 0.1) is 0 Å². The van der Waals surface area contributed by atoms with Crippen molar-refractivity contribution < 1.29 is 28.8 Å². The molecule has 6 N–H and O–H groups in total. The Kier molecular flexibility index (Phi) is 67.3. The van der Waals surface area contributed by atoms with Crippen LogP contribution in [-0.2, 0) is 28.8 Å². The third kappa shape index (κ3) is 95.4. The Balaban J connectivity index is -0.0000000683. The number of anilines is 3. The van der Waals surface area contributed by atoms with Crippen LogP contribution in [0.2, 0.25) is 0 Å². The van der Waals surface area contributed by atoms with E-state index in [-0.39, 0.29) is 17.8 Å². The summed E-state index contributed by atoms with van der Waals surface area (Å²) in [7, 11) is 0. The van der Waals surface area contributed by atoms with Crippen molar-refractivity contribution in [3.63, 3.8) is 0 Å². The second-order valence-corrected chi connectivity index (χ2v) is 4.97. The number of carbonyl (C=O) groups is 6. The number of aldehydes is 6. The Labute approximate surface area is 197 Å². The topological polar surface area (TPSA) is 219 Å². The molecular weight excluding hydrogens is 432 g/mol. The minimum Gasteiger partial charge on any atom is -0.368 e. The molecular formula is C21H42N6O6. The lowest BCUT2D eigenvalue weighted by atomic mass is 10.3. The van der Waals surface area contributed by atoms with Crippen LogP contribution in [-0.4, -0.2) is 52.7 Å². The van der Waals surface area contributed by atoms with Gasteiger partial charge in [-0.3, -0.25) is 0 Å². The molecule has 1 rings (SSSR count). The number of nitrogens with zero attached hydrogens (tertiary/aromatic N) is 3. The van der Waals surface area contributed by atoms with E-state index in [4.69, 9.17) is 36.4 Å². The SMILES string of the molecule is CC=O.CC=O.CC=O.CC=O.CCCCC=O.CCCCC=O.Nc1nc(N)nc(N)n1. The van der Waals surface area contributed by atoms with Gasteiger partial charge < -0.3 is 46.0 Å². The number of hydrogen-bond donors (Lipinski definition) is 3. The van der Waals surface area contributed by atoms with E-state index in [1.54, 1.807) is 0 Å². The van der Waals surface area contributed by atoms with Crippen molar-refractivity contribution in [1.82, 2.24) is 15.0 Å². The van der Waals surface area contributed by atoms with Crippen LogP contribution in [0.3, 0.4) is 0 Å². The number of rotatable bonds is 6. The maximum Gasteiger partial charge on any atom is 0.226 e. The fraction of sp³-hybridized carbons (Fsp3) is 0.571. The predicted octanol–water partition coefficient (Wildman–Crippen LogP) is 2.19. The van der Waals surface area contributed by atoms with Crippen LogP contribution in [0.1, 0.15) is 80.1 Å². The first-order chi connectivity index (χ1) is 15.7. The maximum atomic E-state index is 9.56. The molecule has 0 saturated heterocycles. The molecule has 0 spiro atoms. The van der Waals surface area contributed by atoms with E-state index in [1.807, 2.05) is 0 Å². The average molecular weight is 475 g/mol. The van der Waals surface area contributed by atoms with Gasteiger partial charge in [-0.25, -0.2) is 0 Å². The van der Waals surface area contributed by atoms with Crippen LogP contribution < -0.4 is 17.2 Å². The molecule has 0 aliphatic rings. The summed E-state index contributed by atoms with van der Waals surface area (Å²) in [4.78, 5) is 64.8. The molecule has 1 aromatic rings. The van der Waals surface area contributed by atoms with Crippen molar-refractivity contribution in [1.29, 1.82) is 0 Å². The van der Waals surface area contributed by atoms with E-state index in [2.05, 4.69) is 28.8 Å². The lowest BCUT2D eigenvalue weighted by Gasteiger charge is -1.93. The normalized spacial score (nSPS) is 7.09. The molecule has 192 valence electrons. The van der Waals surface area contributed by atoms with Crippen molar-refractivity contribution >= 4 is 55.6 Å². The van der Waals surface area contributed by atoms with Gasteiger partial charge in [-0.05, 0) is 40.5 Å². The zero-order valence-corrected chi connectivity index (χ0v) is 20.7. The summed E-state index contributed by atoms with van der Waals surface area (Å²) in [6.07, 6.45) is 10.7. The summed E-state index contributed by atoms with van der Waals surface area (Å²) >= 11 is 0.